The van der Waals surface area contributed by atoms with E-state index in [2.05, 4.69) is 200 Å². The molecule has 0 bridgehead atoms. The van der Waals surface area contributed by atoms with Gasteiger partial charge in [-0.2, -0.15) is 0 Å². The van der Waals surface area contributed by atoms with Gasteiger partial charge < -0.3 is 4.42 Å². The monoisotopic (exact) mass is 778 g/mol. The van der Waals surface area contributed by atoms with Crippen LogP contribution in [-0.4, -0.2) is 0 Å². The number of hydrogen-bond donors (Lipinski definition) is 0. The molecule has 2 aromatic heterocycles. The summed E-state index contributed by atoms with van der Waals surface area (Å²) >= 11 is 1.87. The predicted molar refractivity (Wildman–Crippen MR) is 258 cm³/mol. The third-order valence-electron chi connectivity index (χ3n) is 12.7. The topological polar surface area (TPSA) is 13.1 Å². The molecule has 2 heteroatoms. The van der Waals surface area contributed by atoms with Crippen molar-refractivity contribution in [3.63, 3.8) is 0 Å². The minimum absolute atomic E-state index is 0.939. The smallest absolute Gasteiger partial charge is 0.136 e. The zero-order valence-electron chi connectivity index (χ0n) is 32.4. The van der Waals surface area contributed by atoms with Gasteiger partial charge in [-0.25, -0.2) is 0 Å². The molecular formula is C58H34OS. The highest BCUT2D eigenvalue weighted by Gasteiger charge is 2.20. The molecule has 2 heterocycles. The summed E-state index contributed by atoms with van der Waals surface area (Å²) in [7, 11) is 0. The van der Waals surface area contributed by atoms with Crippen molar-refractivity contribution in [3.8, 4) is 44.5 Å². The molecule has 60 heavy (non-hydrogen) atoms. The number of para-hydroxylation sites is 1. The molecule has 13 rings (SSSR count). The molecule has 0 spiro atoms. The van der Waals surface area contributed by atoms with Gasteiger partial charge in [0.15, 0.2) is 0 Å². The van der Waals surface area contributed by atoms with Crippen molar-refractivity contribution >= 4 is 96.5 Å². The van der Waals surface area contributed by atoms with E-state index in [1.807, 2.05) is 17.4 Å². The highest BCUT2D eigenvalue weighted by Crippen LogP contribution is 2.48. The highest BCUT2D eigenvalue weighted by atomic mass is 32.1. The van der Waals surface area contributed by atoms with Gasteiger partial charge in [0, 0.05) is 30.9 Å². The summed E-state index contributed by atoms with van der Waals surface area (Å²) in [5.74, 6) is 0. The molecule has 0 fully saturated rings. The van der Waals surface area contributed by atoms with Crippen molar-refractivity contribution in [2.75, 3.05) is 0 Å². The van der Waals surface area contributed by atoms with E-state index in [1.165, 1.54) is 119 Å². The maximum atomic E-state index is 6.26. The van der Waals surface area contributed by atoms with E-state index < -0.39 is 0 Å². The fourth-order valence-corrected chi connectivity index (χ4v) is 11.2. The summed E-state index contributed by atoms with van der Waals surface area (Å²) in [6, 6.07) is 75.8. The van der Waals surface area contributed by atoms with Gasteiger partial charge >= 0.3 is 0 Å². The number of benzene rings is 11. The first-order chi connectivity index (χ1) is 29.7. The van der Waals surface area contributed by atoms with E-state index in [4.69, 9.17) is 4.42 Å². The summed E-state index contributed by atoms with van der Waals surface area (Å²) in [5, 5.41) is 15.0. The number of fused-ring (bicyclic) bond motifs is 11. The van der Waals surface area contributed by atoms with E-state index in [-0.39, 0.29) is 0 Å². The zero-order valence-corrected chi connectivity index (χ0v) is 33.3. The standard InChI is InChI=1S/C58H34OS/c1-2-12-35(13-3-1)36-22-24-37(25-23-36)55-44-16-6-8-18-46(44)56(47-19-9-7-17-45(47)55)48-29-28-41(42-14-4-5-15-43(42)48)39-27-26-38-33-51-49-30-31-53-57(50-20-10-11-21-52(50)59-53)58(49)60-54(51)34-40(38)32-39/h1-34H. The van der Waals surface area contributed by atoms with Gasteiger partial charge in [-0.05, 0) is 124 Å². The largest absolute Gasteiger partial charge is 0.456 e. The summed E-state index contributed by atoms with van der Waals surface area (Å²) in [4.78, 5) is 0. The van der Waals surface area contributed by atoms with Crippen molar-refractivity contribution in [1.29, 1.82) is 0 Å². The van der Waals surface area contributed by atoms with Crippen LogP contribution in [0.3, 0.4) is 0 Å². The maximum absolute atomic E-state index is 6.26. The number of rotatable bonds is 4. The van der Waals surface area contributed by atoms with Crippen LogP contribution in [-0.2, 0) is 0 Å². The van der Waals surface area contributed by atoms with Gasteiger partial charge in [0.25, 0.3) is 0 Å². The lowest BCUT2D eigenvalue weighted by Gasteiger charge is -2.20. The van der Waals surface area contributed by atoms with E-state index in [9.17, 15) is 0 Å². The molecular weight excluding hydrogens is 745 g/mol. The Morgan fingerprint density at radius 3 is 1.60 bits per heavy atom. The van der Waals surface area contributed by atoms with Crippen molar-refractivity contribution < 1.29 is 4.42 Å². The Balaban J connectivity index is 0.973. The fourth-order valence-electron chi connectivity index (χ4n) is 9.91. The second-order valence-electron chi connectivity index (χ2n) is 15.9. The minimum Gasteiger partial charge on any atom is -0.456 e. The van der Waals surface area contributed by atoms with Gasteiger partial charge in [0.05, 0.1) is 0 Å². The van der Waals surface area contributed by atoms with Gasteiger partial charge in [-0.1, -0.05) is 170 Å². The summed E-state index contributed by atoms with van der Waals surface area (Å²) < 4.78 is 8.84. The van der Waals surface area contributed by atoms with Crippen LogP contribution in [0.15, 0.2) is 211 Å². The molecule has 0 atom stereocenters. The Bertz CT molecular complexity index is 3810. The Hall–Kier alpha value is -7.52. The fraction of sp³-hybridized carbons (Fsp3) is 0. The van der Waals surface area contributed by atoms with E-state index in [0.29, 0.717) is 0 Å². The highest BCUT2D eigenvalue weighted by molar-refractivity contribution is 7.26. The molecule has 0 aliphatic carbocycles. The van der Waals surface area contributed by atoms with Crippen molar-refractivity contribution in [2.45, 2.75) is 0 Å². The van der Waals surface area contributed by atoms with Gasteiger partial charge in [-0.15, -0.1) is 11.3 Å². The first-order valence-corrected chi connectivity index (χ1v) is 21.4. The van der Waals surface area contributed by atoms with Crippen molar-refractivity contribution in [1.82, 2.24) is 0 Å². The van der Waals surface area contributed by atoms with Crippen LogP contribution in [0.1, 0.15) is 0 Å². The first-order valence-electron chi connectivity index (χ1n) is 20.6. The summed E-state index contributed by atoms with van der Waals surface area (Å²) in [5.41, 5.74) is 11.8. The molecule has 11 aromatic carbocycles. The minimum atomic E-state index is 0.939. The van der Waals surface area contributed by atoms with Gasteiger partial charge in [-0.3, -0.25) is 0 Å². The molecule has 1 nitrogen and oxygen atoms in total. The molecule has 0 aliphatic rings. The van der Waals surface area contributed by atoms with Crippen LogP contribution >= 0.6 is 11.3 Å². The molecule has 278 valence electrons. The average Bonchev–Trinajstić information content (AvgIpc) is 3.88. The van der Waals surface area contributed by atoms with Crippen LogP contribution in [0.25, 0.3) is 130 Å². The molecule has 0 amide bonds. The van der Waals surface area contributed by atoms with Gasteiger partial charge in [0.2, 0.25) is 0 Å². The Labute approximate surface area is 350 Å². The third-order valence-corrected chi connectivity index (χ3v) is 13.8. The number of hydrogen-bond acceptors (Lipinski definition) is 2. The lowest BCUT2D eigenvalue weighted by atomic mass is 9.83. The third kappa shape index (κ3) is 4.98. The normalized spacial score (nSPS) is 12.0. The lowest BCUT2D eigenvalue weighted by Crippen LogP contribution is -1.92. The number of thiophene rings is 1. The molecule has 0 aliphatic heterocycles. The maximum Gasteiger partial charge on any atom is 0.136 e. The second kappa shape index (κ2) is 13.0. The predicted octanol–water partition coefficient (Wildman–Crippen LogP) is 17.2. The summed E-state index contributed by atoms with van der Waals surface area (Å²) in [6.45, 7) is 0. The second-order valence-corrected chi connectivity index (χ2v) is 17.0. The van der Waals surface area contributed by atoms with Crippen LogP contribution in [0.4, 0.5) is 0 Å². The van der Waals surface area contributed by atoms with Crippen LogP contribution in [0.2, 0.25) is 0 Å². The molecule has 0 saturated heterocycles. The van der Waals surface area contributed by atoms with Crippen LogP contribution < -0.4 is 0 Å². The lowest BCUT2D eigenvalue weighted by molar-refractivity contribution is 0.669. The van der Waals surface area contributed by atoms with Crippen molar-refractivity contribution in [2.24, 2.45) is 0 Å². The quantitative estimate of drug-likeness (QED) is 0.162. The molecule has 0 saturated carbocycles. The van der Waals surface area contributed by atoms with E-state index in [1.54, 1.807) is 0 Å². The molecule has 0 N–H and O–H groups in total. The molecule has 13 aromatic rings. The molecule has 0 unspecified atom stereocenters. The van der Waals surface area contributed by atoms with E-state index >= 15 is 0 Å². The summed E-state index contributed by atoms with van der Waals surface area (Å²) in [6.07, 6.45) is 0. The zero-order chi connectivity index (χ0) is 39.3. The van der Waals surface area contributed by atoms with Gasteiger partial charge in [0.1, 0.15) is 11.2 Å². The Morgan fingerprint density at radius 2 is 0.867 bits per heavy atom. The Kier molecular flexibility index (Phi) is 7.24. The Morgan fingerprint density at radius 1 is 0.300 bits per heavy atom. The molecule has 0 radical (unpaired) electrons. The number of furan rings is 1. The van der Waals surface area contributed by atoms with Crippen LogP contribution in [0.5, 0.6) is 0 Å². The van der Waals surface area contributed by atoms with E-state index in [0.717, 1.165) is 11.2 Å². The average molecular weight is 779 g/mol. The van der Waals surface area contributed by atoms with Crippen LogP contribution in [0, 0.1) is 0 Å². The van der Waals surface area contributed by atoms with Crippen molar-refractivity contribution in [3.05, 3.63) is 206 Å². The first kappa shape index (κ1) is 33.5. The SMILES string of the molecule is c1ccc(-c2ccc(-c3c4ccccc4c(-c4ccc(-c5ccc6cc7c(cc6c5)sc5c7ccc6oc7ccccc7c65)c5ccccc45)c4ccccc34)cc2)cc1.